The SMILES string of the molecule is Cc1cc(C(=O)N2CCCc3cccc(C)c32)c2c(C)nn(C)c2n1. The van der Waals surface area contributed by atoms with E-state index in [1.54, 1.807) is 4.68 Å². The Morgan fingerprint density at radius 1 is 1.20 bits per heavy atom. The van der Waals surface area contributed by atoms with Gasteiger partial charge in [0.1, 0.15) is 0 Å². The standard InChI is InChI=1S/C20H22N4O/c1-12-7-5-8-15-9-6-10-24(18(12)15)20(25)16-11-13(2)21-19-17(16)14(3)22-23(19)4/h5,7-8,11H,6,9-10H2,1-4H3. The number of amides is 1. The molecule has 0 unspecified atom stereocenters. The number of carbonyl (C=O) groups excluding carboxylic acids is 1. The van der Waals surface area contributed by atoms with Crippen molar-refractivity contribution in [3.63, 3.8) is 0 Å². The minimum absolute atomic E-state index is 0.0434. The van der Waals surface area contributed by atoms with Crippen LogP contribution < -0.4 is 4.90 Å². The molecule has 5 nitrogen and oxygen atoms in total. The van der Waals surface area contributed by atoms with Gasteiger partial charge in [-0.2, -0.15) is 5.10 Å². The summed E-state index contributed by atoms with van der Waals surface area (Å²) in [4.78, 5) is 20.0. The molecule has 2 aromatic heterocycles. The molecule has 0 fully saturated rings. The zero-order valence-electron chi connectivity index (χ0n) is 15.1. The third kappa shape index (κ3) is 2.42. The first kappa shape index (κ1) is 15.8. The maximum atomic E-state index is 13.5. The van der Waals surface area contributed by atoms with Crippen molar-refractivity contribution in [2.75, 3.05) is 11.4 Å². The highest BCUT2D eigenvalue weighted by molar-refractivity contribution is 6.14. The van der Waals surface area contributed by atoms with Gasteiger partial charge in [-0.1, -0.05) is 18.2 Å². The van der Waals surface area contributed by atoms with Gasteiger partial charge < -0.3 is 4.90 Å². The fourth-order valence-electron chi connectivity index (χ4n) is 3.93. The van der Waals surface area contributed by atoms with Crippen LogP contribution in [0.15, 0.2) is 24.3 Å². The van der Waals surface area contributed by atoms with Gasteiger partial charge in [0.25, 0.3) is 5.91 Å². The Balaban J connectivity index is 1.91. The molecule has 1 aliphatic heterocycles. The van der Waals surface area contributed by atoms with E-state index in [2.05, 4.69) is 35.2 Å². The molecule has 0 saturated heterocycles. The third-order valence-corrected chi connectivity index (χ3v) is 4.99. The minimum atomic E-state index is 0.0434. The molecule has 0 atom stereocenters. The molecule has 0 aliphatic carbocycles. The normalized spacial score (nSPS) is 14.0. The summed E-state index contributed by atoms with van der Waals surface area (Å²) >= 11 is 0. The van der Waals surface area contributed by atoms with Crippen LogP contribution in [-0.4, -0.2) is 27.2 Å². The maximum absolute atomic E-state index is 13.5. The summed E-state index contributed by atoms with van der Waals surface area (Å²) in [7, 11) is 1.87. The van der Waals surface area contributed by atoms with E-state index >= 15 is 0 Å². The van der Waals surface area contributed by atoms with Crippen LogP contribution in [0.5, 0.6) is 0 Å². The monoisotopic (exact) mass is 334 g/mol. The fraction of sp³-hybridized carbons (Fsp3) is 0.350. The summed E-state index contributed by atoms with van der Waals surface area (Å²) in [5.74, 6) is 0.0434. The molecule has 0 N–H and O–H groups in total. The lowest BCUT2D eigenvalue weighted by molar-refractivity contribution is 0.0986. The number of para-hydroxylation sites is 1. The highest BCUT2D eigenvalue weighted by Crippen LogP contribution is 2.33. The van der Waals surface area contributed by atoms with Crippen LogP contribution >= 0.6 is 0 Å². The lowest BCUT2D eigenvalue weighted by Crippen LogP contribution is -2.36. The van der Waals surface area contributed by atoms with Gasteiger partial charge in [0.2, 0.25) is 0 Å². The number of rotatable bonds is 1. The molecule has 3 aromatic rings. The van der Waals surface area contributed by atoms with E-state index in [0.717, 1.165) is 53.1 Å². The first-order valence-corrected chi connectivity index (χ1v) is 8.68. The van der Waals surface area contributed by atoms with E-state index in [9.17, 15) is 4.79 Å². The number of nitrogens with zero attached hydrogens (tertiary/aromatic N) is 4. The Labute approximate surface area is 147 Å². The maximum Gasteiger partial charge on any atom is 0.259 e. The van der Waals surface area contributed by atoms with Crippen molar-refractivity contribution in [3.8, 4) is 0 Å². The van der Waals surface area contributed by atoms with E-state index < -0.39 is 0 Å². The van der Waals surface area contributed by atoms with Crippen molar-refractivity contribution >= 4 is 22.6 Å². The molecule has 1 amide bonds. The Hall–Kier alpha value is -2.69. The van der Waals surface area contributed by atoms with Crippen molar-refractivity contribution in [2.24, 2.45) is 7.05 Å². The van der Waals surface area contributed by atoms with Crippen LogP contribution in [0.1, 0.15) is 39.3 Å². The van der Waals surface area contributed by atoms with E-state index in [1.807, 2.05) is 31.9 Å². The van der Waals surface area contributed by atoms with Crippen molar-refractivity contribution in [1.82, 2.24) is 14.8 Å². The Morgan fingerprint density at radius 2 is 2.00 bits per heavy atom. The molecule has 0 saturated carbocycles. The van der Waals surface area contributed by atoms with Gasteiger partial charge in [0.05, 0.1) is 22.3 Å². The molecule has 3 heterocycles. The second-order valence-corrected chi connectivity index (χ2v) is 6.86. The van der Waals surface area contributed by atoms with Crippen molar-refractivity contribution in [1.29, 1.82) is 0 Å². The molecule has 4 rings (SSSR count). The first-order valence-electron chi connectivity index (χ1n) is 8.68. The van der Waals surface area contributed by atoms with Gasteiger partial charge >= 0.3 is 0 Å². The van der Waals surface area contributed by atoms with Gasteiger partial charge in [0.15, 0.2) is 5.65 Å². The minimum Gasteiger partial charge on any atom is -0.308 e. The molecule has 1 aliphatic rings. The highest BCUT2D eigenvalue weighted by atomic mass is 16.2. The Morgan fingerprint density at radius 3 is 2.80 bits per heavy atom. The second-order valence-electron chi connectivity index (χ2n) is 6.86. The Bertz CT molecular complexity index is 1000. The average molecular weight is 334 g/mol. The van der Waals surface area contributed by atoms with Crippen LogP contribution in [0, 0.1) is 20.8 Å². The largest absolute Gasteiger partial charge is 0.308 e. The van der Waals surface area contributed by atoms with Gasteiger partial charge in [-0.05, 0) is 50.8 Å². The van der Waals surface area contributed by atoms with Crippen molar-refractivity contribution < 1.29 is 4.79 Å². The Kier molecular flexibility index (Phi) is 3.60. The molecular weight excluding hydrogens is 312 g/mol. The van der Waals surface area contributed by atoms with Crippen LogP contribution in [0.4, 0.5) is 5.69 Å². The van der Waals surface area contributed by atoms with Crippen LogP contribution in [-0.2, 0) is 13.5 Å². The predicted octanol–water partition coefficient (Wildman–Crippen LogP) is 3.49. The van der Waals surface area contributed by atoms with E-state index in [1.165, 1.54) is 5.56 Å². The van der Waals surface area contributed by atoms with E-state index in [-0.39, 0.29) is 5.91 Å². The zero-order chi connectivity index (χ0) is 17.7. The predicted molar refractivity (Wildman–Crippen MR) is 99.2 cm³/mol. The summed E-state index contributed by atoms with van der Waals surface area (Å²) in [6, 6.07) is 8.17. The number of benzene rings is 1. The second kappa shape index (κ2) is 5.69. The molecule has 1 aromatic carbocycles. The van der Waals surface area contributed by atoms with Crippen LogP contribution in [0.3, 0.4) is 0 Å². The van der Waals surface area contributed by atoms with Crippen LogP contribution in [0.25, 0.3) is 11.0 Å². The fourth-order valence-corrected chi connectivity index (χ4v) is 3.93. The molecule has 5 heteroatoms. The topological polar surface area (TPSA) is 51.0 Å². The van der Waals surface area contributed by atoms with Crippen molar-refractivity contribution in [2.45, 2.75) is 33.6 Å². The number of carbonyl (C=O) groups is 1. The number of pyridine rings is 1. The van der Waals surface area contributed by atoms with Crippen LogP contribution in [0.2, 0.25) is 0 Å². The summed E-state index contributed by atoms with van der Waals surface area (Å²) in [5, 5.41) is 5.32. The highest BCUT2D eigenvalue weighted by Gasteiger charge is 2.27. The summed E-state index contributed by atoms with van der Waals surface area (Å²) < 4.78 is 1.75. The lowest BCUT2D eigenvalue weighted by Gasteiger charge is -2.31. The summed E-state index contributed by atoms with van der Waals surface area (Å²) in [6.07, 6.45) is 2.01. The summed E-state index contributed by atoms with van der Waals surface area (Å²) in [6.45, 7) is 6.69. The number of hydrogen-bond donors (Lipinski definition) is 0. The van der Waals surface area contributed by atoms with Crippen molar-refractivity contribution in [3.05, 3.63) is 52.3 Å². The smallest absolute Gasteiger partial charge is 0.259 e. The number of fused-ring (bicyclic) bond motifs is 2. The number of aromatic nitrogens is 3. The quantitative estimate of drug-likeness (QED) is 0.684. The van der Waals surface area contributed by atoms with E-state index in [0.29, 0.717) is 5.56 Å². The molecule has 128 valence electrons. The zero-order valence-corrected chi connectivity index (χ0v) is 15.1. The molecule has 25 heavy (non-hydrogen) atoms. The number of hydrogen-bond acceptors (Lipinski definition) is 3. The van der Waals surface area contributed by atoms with Gasteiger partial charge in [-0.3, -0.25) is 9.48 Å². The number of anilines is 1. The molecular formula is C20H22N4O. The lowest BCUT2D eigenvalue weighted by atomic mass is 9.97. The van der Waals surface area contributed by atoms with Gasteiger partial charge in [-0.25, -0.2) is 4.98 Å². The average Bonchev–Trinajstić information content (AvgIpc) is 2.87. The van der Waals surface area contributed by atoms with Gasteiger partial charge in [-0.15, -0.1) is 0 Å². The molecule has 0 spiro atoms. The molecule has 0 bridgehead atoms. The van der Waals surface area contributed by atoms with E-state index in [4.69, 9.17) is 0 Å². The first-order chi connectivity index (χ1) is 12.0. The van der Waals surface area contributed by atoms with Gasteiger partial charge in [0, 0.05) is 19.3 Å². The number of aryl methyl sites for hydroxylation is 5. The molecule has 0 radical (unpaired) electrons. The third-order valence-electron chi connectivity index (χ3n) is 4.99. The summed E-state index contributed by atoms with van der Waals surface area (Å²) in [5.41, 5.74) is 6.62.